The van der Waals surface area contributed by atoms with Gasteiger partial charge in [-0.05, 0) is 31.4 Å². The van der Waals surface area contributed by atoms with Crippen LogP contribution in [-0.4, -0.2) is 22.6 Å². The standard InChI is InChI=1S/C12H17N3O2/c1-8-2-5-10(11(13)15-16)12(14-8)17-7-6-9-3-4-9/h2,5,9,16H,3-4,6-7H2,1H3,(H2,13,15). The van der Waals surface area contributed by atoms with E-state index in [0.29, 0.717) is 18.1 Å². The van der Waals surface area contributed by atoms with Gasteiger partial charge in [0.25, 0.3) is 0 Å². The molecule has 1 aromatic heterocycles. The molecule has 5 heteroatoms. The van der Waals surface area contributed by atoms with E-state index in [-0.39, 0.29) is 5.84 Å². The molecule has 0 unspecified atom stereocenters. The van der Waals surface area contributed by atoms with Crippen molar-refractivity contribution >= 4 is 5.84 Å². The summed E-state index contributed by atoms with van der Waals surface area (Å²) in [7, 11) is 0. The molecule has 0 aliphatic heterocycles. The lowest BCUT2D eigenvalue weighted by Crippen LogP contribution is -2.16. The summed E-state index contributed by atoms with van der Waals surface area (Å²) >= 11 is 0. The van der Waals surface area contributed by atoms with Crippen molar-refractivity contribution in [2.75, 3.05) is 6.61 Å². The molecule has 0 aromatic carbocycles. The molecule has 2 rings (SSSR count). The Kier molecular flexibility index (Phi) is 3.46. The summed E-state index contributed by atoms with van der Waals surface area (Å²) in [6.45, 7) is 2.51. The number of hydrogen-bond acceptors (Lipinski definition) is 4. The molecule has 0 saturated heterocycles. The molecule has 92 valence electrons. The van der Waals surface area contributed by atoms with Crippen molar-refractivity contribution in [3.63, 3.8) is 0 Å². The quantitative estimate of drug-likeness (QED) is 0.352. The topological polar surface area (TPSA) is 80.7 Å². The maximum Gasteiger partial charge on any atom is 0.224 e. The van der Waals surface area contributed by atoms with Crippen molar-refractivity contribution in [3.8, 4) is 5.88 Å². The number of oxime groups is 1. The number of hydrogen-bond donors (Lipinski definition) is 2. The lowest BCUT2D eigenvalue weighted by atomic mass is 10.2. The second kappa shape index (κ2) is 5.03. The molecule has 1 aliphatic carbocycles. The highest BCUT2D eigenvalue weighted by Gasteiger charge is 2.21. The smallest absolute Gasteiger partial charge is 0.224 e. The SMILES string of the molecule is Cc1ccc(/C(N)=N/O)c(OCCC2CC2)n1. The molecule has 5 nitrogen and oxygen atoms in total. The third kappa shape index (κ3) is 3.09. The van der Waals surface area contributed by atoms with Gasteiger partial charge in [0.05, 0.1) is 12.2 Å². The number of nitrogens with zero attached hydrogens (tertiary/aromatic N) is 2. The van der Waals surface area contributed by atoms with Crippen LogP contribution in [0.2, 0.25) is 0 Å². The first-order valence-corrected chi connectivity index (χ1v) is 5.79. The fourth-order valence-electron chi connectivity index (χ4n) is 1.62. The highest BCUT2D eigenvalue weighted by atomic mass is 16.5. The Bertz CT molecular complexity index is 428. The van der Waals surface area contributed by atoms with E-state index in [9.17, 15) is 0 Å². The average molecular weight is 235 g/mol. The van der Waals surface area contributed by atoms with Gasteiger partial charge in [-0.3, -0.25) is 0 Å². The predicted molar refractivity (Wildman–Crippen MR) is 64.3 cm³/mol. The first kappa shape index (κ1) is 11.7. The number of pyridine rings is 1. The summed E-state index contributed by atoms with van der Waals surface area (Å²) in [5, 5.41) is 11.7. The van der Waals surface area contributed by atoms with Gasteiger partial charge in [-0.25, -0.2) is 4.98 Å². The Morgan fingerprint density at radius 1 is 1.59 bits per heavy atom. The van der Waals surface area contributed by atoms with E-state index in [1.165, 1.54) is 12.8 Å². The molecule has 1 aliphatic rings. The molecule has 0 radical (unpaired) electrons. The zero-order chi connectivity index (χ0) is 12.3. The van der Waals surface area contributed by atoms with Crippen LogP contribution in [0.1, 0.15) is 30.5 Å². The second-order valence-electron chi connectivity index (χ2n) is 4.37. The Morgan fingerprint density at radius 2 is 2.35 bits per heavy atom. The third-order valence-electron chi connectivity index (χ3n) is 2.85. The van der Waals surface area contributed by atoms with Gasteiger partial charge < -0.3 is 15.7 Å². The summed E-state index contributed by atoms with van der Waals surface area (Å²) in [5.74, 6) is 1.28. The number of aryl methyl sites for hydroxylation is 1. The number of aromatic nitrogens is 1. The molecule has 1 saturated carbocycles. The predicted octanol–water partition coefficient (Wildman–Crippen LogP) is 1.66. The maximum atomic E-state index is 8.69. The first-order valence-electron chi connectivity index (χ1n) is 5.79. The number of rotatable bonds is 5. The second-order valence-corrected chi connectivity index (χ2v) is 4.37. The van der Waals surface area contributed by atoms with Gasteiger partial charge >= 0.3 is 0 Å². The largest absolute Gasteiger partial charge is 0.477 e. The van der Waals surface area contributed by atoms with Gasteiger partial charge in [0.1, 0.15) is 0 Å². The van der Waals surface area contributed by atoms with Crippen LogP contribution in [0.4, 0.5) is 0 Å². The molecule has 0 spiro atoms. The minimum absolute atomic E-state index is 0.0268. The maximum absolute atomic E-state index is 8.69. The average Bonchev–Trinajstić information content (AvgIpc) is 3.12. The molecule has 1 aromatic rings. The minimum atomic E-state index is 0.0268. The molecular formula is C12H17N3O2. The van der Waals surface area contributed by atoms with Crippen LogP contribution in [0.15, 0.2) is 17.3 Å². The summed E-state index contributed by atoms with van der Waals surface area (Å²) in [6.07, 6.45) is 3.65. The van der Waals surface area contributed by atoms with Crippen LogP contribution in [-0.2, 0) is 0 Å². The van der Waals surface area contributed by atoms with Crippen molar-refractivity contribution in [1.29, 1.82) is 0 Å². The summed E-state index contributed by atoms with van der Waals surface area (Å²) in [6, 6.07) is 3.56. The van der Waals surface area contributed by atoms with E-state index in [4.69, 9.17) is 15.7 Å². The number of amidine groups is 1. The summed E-state index contributed by atoms with van der Waals surface area (Å²) in [5.41, 5.74) is 6.95. The van der Waals surface area contributed by atoms with E-state index in [1.807, 2.05) is 6.92 Å². The highest BCUT2D eigenvalue weighted by Crippen LogP contribution is 2.32. The molecule has 1 heterocycles. The van der Waals surface area contributed by atoms with E-state index in [1.54, 1.807) is 12.1 Å². The molecule has 0 amide bonds. The van der Waals surface area contributed by atoms with Crippen molar-refractivity contribution in [2.45, 2.75) is 26.2 Å². The lowest BCUT2D eigenvalue weighted by Gasteiger charge is -2.09. The first-order chi connectivity index (χ1) is 8.20. The van der Waals surface area contributed by atoms with Crippen molar-refractivity contribution in [2.24, 2.45) is 16.8 Å². The van der Waals surface area contributed by atoms with Crippen LogP contribution in [0.5, 0.6) is 5.88 Å². The van der Waals surface area contributed by atoms with Gasteiger partial charge in [0, 0.05) is 5.69 Å². The third-order valence-corrected chi connectivity index (χ3v) is 2.85. The van der Waals surface area contributed by atoms with Crippen LogP contribution in [0.25, 0.3) is 0 Å². The molecule has 0 bridgehead atoms. The highest BCUT2D eigenvalue weighted by molar-refractivity contribution is 5.99. The van der Waals surface area contributed by atoms with E-state index in [2.05, 4.69) is 10.1 Å². The fraction of sp³-hybridized carbons (Fsp3) is 0.500. The van der Waals surface area contributed by atoms with Gasteiger partial charge in [-0.15, -0.1) is 0 Å². The molecule has 1 fully saturated rings. The lowest BCUT2D eigenvalue weighted by molar-refractivity contribution is 0.289. The molecule has 0 atom stereocenters. The fourth-order valence-corrected chi connectivity index (χ4v) is 1.62. The zero-order valence-corrected chi connectivity index (χ0v) is 9.89. The normalized spacial score (nSPS) is 15.9. The monoisotopic (exact) mass is 235 g/mol. The molecule has 17 heavy (non-hydrogen) atoms. The minimum Gasteiger partial charge on any atom is -0.477 e. The van der Waals surface area contributed by atoms with Crippen LogP contribution in [0.3, 0.4) is 0 Å². The number of ether oxygens (including phenoxy) is 1. The Morgan fingerprint density at radius 3 is 3.00 bits per heavy atom. The van der Waals surface area contributed by atoms with Crippen LogP contribution < -0.4 is 10.5 Å². The molecular weight excluding hydrogens is 218 g/mol. The van der Waals surface area contributed by atoms with E-state index >= 15 is 0 Å². The van der Waals surface area contributed by atoms with E-state index in [0.717, 1.165) is 18.0 Å². The van der Waals surface area contributed by atoms with Crippen LogP contribution in [0, 0.1) is 12.8 Å². The summed E-state index contributed by atoms with van der Waals surface area (Å²) in [4.78, 5) is 4.27. The van der Waals surface area contributed by atoms with Crippen molar-refractivity contribution in [3.05, 3.63) is 23.4 Å². The van der Waals surface area contributed by atoms with Crippen molar-refractivity contribution < 1.29 is 9.94 Å². The number of nitrogens with two attached hydrogens (primary N) is 1. The van der Waals surface area contributed by atoms with Gasteiger partial charge in [0.2, 0.25) is 5.88 Å². The zero-order valence-electron chi connectivity index (χ0n) is 9.89. The van der Waals surface area contributed by atoms with Crippen molar-refractivity contribution in [1.82, 2.24) is 4.98 Å². The Labute approximate surface area is 100 Å². The van der Waals surface area contributed by atoms with E-state index < -0.39 is 0 Å². The Hall–Kier alpha value is -1.78. The molecule has 3 N–H and O–H groups in total. The van der Waals surface area contributed by atoms with Crippen LogP contribution >= 0.6 is 0 Å². The van der Waals surface area contributed by atoms with Gasteiger partial charge in [-0.2, -0.15) is 0 Å². The van der Waals surface area contributed by atoms with Gasteiger partial charge in [0.15, 0.2) is 5.84 Å². The summed E-state index contributed by atoms with van der Waals surface area (Å²) < 4.78 is 5.61. The Balaban J connectivity index is 2.08. The van der Waals surface area contributed by atoms with Gasteiger partial charge in [-0.1, -0.05) is 18.0 Å².